The van der Waals surface area contributed by atoms with Gasteiger partial charge in [0.15, 0.2) is 0 Å². The van der Waals surface area contributed by atoms with Gasteiger partial charge in [0.1, 0.15) is 6.04 Å². The van der Waals surface area contributed by atoms with Crippen molar-refractivity contribution >= 4 is 12.0 Å². The molecular formula is C13H20N2O3. The van der Waals surface area contributed by atoms with E-state index in [1.807, 2.05) is 0 Å². The molecule has 1 saturated heterocycles. The number of urea groups is 1. The number of aliphatic carboxylic acids is 1. The molecule has 100 valence electrons. The molecule has 0 bridgehead atoms. The minimum atomic E-state index is -1.10. The smallest absolute Gasteiger partial charge is 0.327 e. The summed E-state index contributed by atoms with van der Waals surface area (Å²) in [6.07, 6.45) is 6.93. The highest BCUT2D eigenvalue weighted by molar-refractivity contribution is 5.82. The van der Waals surface area contributed by atoms with Crippen LogP contribution in [0, 0.1) is 17.8 Å². The molecular weight excluding hydrogens is 232 g/mol. The van der Waals surface area contributed by atoms with E-state index in [-0.39, 0.29) is 17.9 Å². The SMILES string of the molecule is C#CCC(NC(=O)N1CCC(C)(C)CC1)C(=O)O. The van der Waals surface area contributed by atoms with Crippen LogP contribution in [-0.4, -0.2) is 41.1 Å². The van der Waals surface area contributed by atoms with E-state index in [1.165, 1.54) is 0 Å². The predicted octanol–water partition coefficient (Wildman–Crippen LogP) is 1.29. The average Bonchev–Trinajstić information content (AvgIpc) is 2.28. The lowest BCUT2D eigenvalue weighted by Gasteiger charge is -2.37. The second-order valence-electron chi connectivity index (χ2n) is 5.40. The van der Waals surface area contributed by atoms with E-state index in [0.29, 0.717) is 13.1 Å². The monoisotopic (exact) mass is 252 g/mol. The first kappa shape index (κ1) is 14.4. The number of nitrogens with one attached hydrogen (secondary N) is 1. The summed E-state index contributed by atoms with van der Waals surface area (Å²) >= 11 is 0. The summed E-state index contributed by atoms with van der Waals surface area (Å²) in [6.45, 7) is 5.64. The summed E-state index contributed by atoms with van der Waals surface area (Å²) in [5, 5.41) is 11.4. The summed E-state index contributed by atoms with van der Waals surface area (Å²) in [5.41, 5.74) is 0.252. The molecule has 1 atom stereocenters. The van der Waals surface area contributed by atoms with Gasteiger partial charge < -0.3 is 15.3 Å². The van der Waals surface area contributed by atoms with Crippen LogP contribution in [0.5, 0.6) is 0 Å². The number of hydrogen-bond acceptors (Lipinski definition) is 2. The third-order valence-corrected chi connectivity index (χ3v) is 3.32. The van der Waals surface area contributed by atoms with Gasteiger partial charge in [0, 0.05) is 19.5 Å². The normalized spacial score (nSPS) is 19.7. The molecule has 1 aliphatic rings. The van der Waals surface area contributed by atoms with E-state index in [2.05, 4.69) is 25.1 Å². The molecule has 1 unspecified atom stereocenters. The van der Waals surface area contributed by atoms with E-state index >= 15 is 0 Å². The van der Waals surface area contributed by atoms with Crippen LogP contribution in [0.3, 0.4) is 0 Å². The van der Waals surface area contributed by atoms with E-state index in [0.717, 1.165) is 12.8 Å². The number of carboxylic acid groups (broad SMARTS) is 1. The Morgan fingerprint density at radius 2 is 2.00 bits per heavy atom. The van der Waals surface area contributed by atoms with E-state index in [9.17, 15) is 9.59 Å². The summed E-state index contributed by atoms with van der Waals surface area (Å²) in [6, 6.07) is -1.34. The van der Waals surface area contributed by atoms with Crippen molar-refractivity contribution in [1.82, 2.24) is 10.2 Å². The van der Waals surface area contributed by atoms with Crippen molar-refractivity contribution < 1.29 is 14.7 Å². The van der Waals surface area contributed by atoms with Crippen molar-refractivity contribution in [3.05, 3.63) is 0 Å². The first-order valence-electron chi connectivity index (χ1n) is 6.07. The fourth-order valence-corrected chi connectivity index (χ4v) is 1.87. The summed E-state index contributed by atoms with van der Waals surface area (Å²) < 4.78 is 0. The fraction of sp³-hybridized carbons (Fsp3) is 0.692. The second-order valence-corrected chi connectivity index (χ2v) is 5.40. The number of hydrogen-bond donors (Lipinski definition) is 2. The molecule has 1 aliphatic heterocycles. The molecule has 0 spiro atoms. The molecule has 0 aromatic rings. The molecule has 0 aliphatic carbocycles. The molecule has 5 nitrogen and oxygen atoms in total. The Morgan fingerprint density at radius 3 is 2.44 bits per heavy atom. The number of carboxylic acids is 1. The molecule has 2 N–H and O–H groups in total. The highest BCUT2D eigenvalue weighted by Crippen LogP contribution is 2.29. The Hall–Kier alpha value is -1.70. The minimum Gasteiger partial charge on any atom is -0.480 e. The maximum Gasteiger partial charge on any atom is 0.327 e. The number of amides is 2. The maximum atomic E-state index is 11.9. The van der Waals surface area contributed by atoms with Crippen molar-refractivity contribution in [2.45, 2.75) is 39.2 Å². The van der Waals surface area contributed by atoms with Gasteiger partial charge >= 0.3 is 12.0 Å². The zero-order valence-electron chi connectivity index (χ0n) is 10.9. The number of piperidine rings is 1. The van der Waals surface area contributed by atoms with Crippen LogP contribution in [0.1, 0.15) is 33.1 Å². The molecule has 2 amide bonds. The average molecular weight is 252 g/mol. The first-order valence-corrected chi connectivity index (χ1v) is 6.07. The lowest BCUT2D eigenvalue weighted by Crippen LogP contribution is -2.51. The number of rotatable bonds is 3. The molecule has 0 saturated carbocycles. The van der Waals surface area contributed by atoms with Crippen LogP contribution in [0.2, 0.25) is 0 Å². The highest BCUT2D eigenvalue weighted by Gasteiger charge is 2.29. The van der Waals surface area contributed by atoms with Gasteiger partial charge in [-0.25, -0.2) is 9.59 Å². The zero-order chi connectivity index (χ0) is 13.8. The molecule has 1 fully saturated rings. The van der Waals surface area contributed by atoms with E-state index in [4.69, 9.17) is 11.5 Å². The van der Waals surface area contributed by atoms with Crippen LogP contribution in [-0.2, 0) is 4.79 Å². The highest BCUT2D eigenvalue weighted by atomic mass is 16.4. The van der Waals surface area contributed by atoms with E-state index in [1.54, 1.807) is 4.90 Å². The standard InChI is InChI=1S/C13H20N2O3/c1-4-5-10(11(16)17)14-12(18)15-8-6-13(2,3)7-9-15/h1,10H,5-9H2,2-3H3,(H,14,18)(H,16,17). The topological polar surface area (TPSA) is 69.6 Å². The number of carbonyl (C=O) groups is 2. The van der Waals surface area contributed by atoms with Gasteiger partial charge in [0.2, 0.25) is 0 Å². The van der Waals surface area contributed by atoms with Crippen molar-refractivity contribution in [3.8, 4) is 12.3 Å². The van der Waals surface area contributed by atoms with Gasteiger partial charge in [0.05, 0.1) is 0 Å². The van der Waals surface area contributed by atoms with Crippen molar-refractivity contribution in [2.24, 2.45) is 5.41 Å². The van der Waals surface area contributed by atoms with Gasteiger partial charge in [-0.05, 0) is 18.3 Å². The number of terminal acetylenes is 1. The van der Waals surface area contributed by atoms with Crippen LogP contribution in [0.15, 0.2) is 0 Å². The molecule has 1 rings (SSSR count). The molecule has 0 radical (unpaired) electrons. The van der Waals surface area contributed by atoms with Gasteiger partial charge in [-0.1, -0.05) is 13.8 Å². The van der Waals surface area contributed by atoms with Gasteiger partial charge in [0.25, 0.3) is 0 Å². The number of likely N-dealkylation sites (tertiary alicyclic amines) is 1. The Kier molecular flexibility index (Phi) is 4.60. The second kappa shape index (κ2) is 5.76. The Bertz CT molecular complexity index is 361. The van der Waals surface area contributed by atoms with Crippen molar-refractivity contribution in [3.63, 3.8) is 0 Å². The minimum absolute atomic E-state index is 0.000403. The first-order chi connectivity index (χ1) is 8.35. The Balaban J connectivity index is 2.51. The van der Waals surface area contributed by atoms with Crippen molar-refractivity contribution in [1.29, 1.82) is 0 Å². The lowest BCUT2D eigenvalue weighted by molar-refractivity contribution is -0.139. The Morgan fingerprint density at radius 1 is 1.44 bits per heavy atom. The lowest BCUT2D eigenvalue weighted by atomic mass is 9.83. The maximum absolute atomic E-state index is 11.9. The van der Waals surface area contributed by atoms with Crippen LogP contribution >= 0.6 is 0 Å². The molecule has 5 heteroatoms. The summed E-state index contributed by atoms with van der Waals surface area (Å²) in [5.74, 6) is 1.16. The van der Waals surface area contributed by atoms with Crippen LogP contribution < -0.4 is 5.32 Å². The van der Waals surface area contributed by atoms with Gasteiger partial charge in [-0.3, -0.25) is 0 Å². The zero-order valence-corrected chi connectivity index (χ0v) is 10.9. The predicted molar refractivity (Wildman–Crippen MR) is 68.0 cm³/mol. The third-order valence-electron chi connectivity index (χ3n) is 3.32. The van der Waals surface area contributed by atoms with Crippen molar-refractivity contribution in [2.75, 3.05) is 13.1 Å². The number of carbonyl (C=O) groups excluding carboxylic acids is 1. The van der Waals surface area contributed by atoms with E-state index < -0.39 is 12.0 Å². The molecule has 18 heavy (non-hydrogen) atoms. The number of nitrogens with zero attached hydrogens (tertiary/aromatic N) is 1. The molecule has 0 aromatic carbocycles. The van der Waals surface area contributed by atoms with Crippen LogP contribution in [0.4, 0.5) is 4.79 Å². The largest absolute Gasteiger partial charge is 0.480 e. The Labute approximate surface area is 108 Å². The van der Waals surface area contributed by atoms with Gasteiger partial charge in [-0.15, -0.1) is 12.3 Å². The van der Waals surface area contributed by atoms with Gasteiger partial charge in [-0.2, -0.15) is 0 Å². The quantitative estimate of drug-likeness (QED) is 0.744. The summed E-state index contributed by atoms with van der Waals surface area (Å²) in [4.78, 5) is 24.4. The third kappa shape index (κ3) is 3.95. The molecule has 0 aromatic heterocycles. The molecule has 1 heterocycles. The van der Waals surface area contributed by atoms with Crippen LogP contribution in [0.25, 0.3) is 0 Å². The fourth-order valence-electron chi connectivity index (χ4n) is 1.87. The summed E-state index contributed by atoms with van der Waals surface area (Å²) in [7, 11) is 0.